The predicted octanol–water partition coefficient (Wildman–Crippen LogP) is 2.65. The van der Waals surface area contributed by atoms with Crippen LogP contribution in [0, 0.1) is 5.82 Å². The van der Waals surface area contributed by atoms with Crippen LogP contribution in [0.25, 0.3) is 0 Å². The molecule has 1 unspecified atom stereocenters. The predicted molar refractivity (Wildman–Crippen MR) is 51.3 cm³/mol. The minimum absolute atomic E-state index is 0.0735. The molecule has 1 atom stereocenters. The number of benzene rings is 1. The topological polar surface area (TPSA) is 21.8 Å². The van der Waals surface area contributed by atoms with Crippen LogP contribution in [-0.4, -0.2) is 18.8 Å². The molecule has 1 aromatic rings. The second-order valence-corrected chi connectivity index (χ2v) is 3.99. The molecule has 0 N–H and O–H groups in total. The van der Waals surface area contributed by atoms with Crippen molar-refractivity contribution in [2.75, 3.05) is 13.2 Å². The molecule has 2 nitrogen and oxygen atoms in total. The molecule has 0 spiro atoms. The van der Waals surface area contributed by atoms with Gasteiger partial charge in [-0.2, -0.15) is 0 Å². The summed E-state index contributed by atoms with van der Waals surface area (Å²) in [6.45, 7) is 2.93. The number of hydrogen-bond acceptors (Lipinski definition) is 2. The highest BCUT2D eigenvalue weighted by Crippen LogP contribution is 2.29. The maximum Gasteiger partial charge on any atom is 0.183 e. The van der Waals surface area contributed by atoms with E-state index in [1.54, 1.807) is 12.1 Å². The maximum atomic E-state index is 13.3. The molecule has 1 heterocycles. The van der Waals surface area contributed by atoms with Crippen LogP contribution in [0.5, 0.6) is 5.75 Å². The van der Waals surface area contributed by atoms with Gasteiger partial charge in [0.05, 0.1) is 11.6 Å². The summed E-state index contributed by atoms with van der Waals surface area (Å²) in [7, 11) is 0. The van der Waals surface area contributed by atoms with E-state index in [1.165, 1.54) is 6.07 Å². The fraction of sp³-hybridized carbons (Fsp3) is 0.400. The first-order chi connectivity index (χ1) is 6.61. The zero-order valence-corrected chi connectivity index (χ0v) is 8.47. The van der Waals surface area contributed by atoms with Crippen LogP contribution < -0.4 is 4.74 Å². The molecule has 4 heteroatoms. The molecule has 0 amide bonds. The van der Waals surface area contributed by atoms with E-state index in [2.05, 4.69) is 0 Å². The molecule has 0 aliphatic carbocycles. The van der Waals surface area contributed by atoms with E-state index < -0.39 is 5.82 Å². The second kappa shape index (κ2) is 3.41. The van der Waals surface area contributed by atoms with Crippen LogP contribution in [0.1, 0.15) is 6.92 Å². The fourth-order valence-corrected chi connectivity index (χ4v) is 1.20. The first kappa shape index (κ1) is 9.74. The second-order valence-electron chi connectivity index (χ2n) is 3.58. The van der Waals surface area contributed by atoms with Crippen LogP contribution in [0.4, 0.5) is 4.39 Å². The van der Waals surface area contributed by atoms with Crippen molar-refractivity contribution in [1.29, 1.82) is 0 Å². The first-order valence-corrected chi connectivity index (χ1v) is 4.69. The Morgan fingerprint density at radius 2 is 2.36 bits per heavy atom. The molecule has 1 fully saturated rings. The monoisotopic (exact) mass is 216 g/mol. The highest BCUT2D eigenvalue weighted by molar-refractivity contribution is 6.30. The Hall–Kier alpha value is -0.800. The normalized spacial score (nSPS) is 24.8. The van der Waals surface area contributed by atoms with Gasteiger partial charge in [0.15, 0.2) is 11.6 Å². The molecule has 1 aliphatic rings. The van der Waals surface area contributed by atoms with Crippen molar-refractivity contribution in [3.63, 3.8) is 0 Å². The molecule has 2 rings (SSSR count). The Morgan fingerprint density at radius 1 is 1.64 bits per heavy atom. The Balaban J connectivity index is 2.05. The largest absolute Gasteiger partial charge is 0.487 e. The van der Waals surface area contributed by atoms with Crippen molar-refractivity contribution in [3.05, 3.63) is 29.0 Å². The highest BCUT2D eigenvalue weighted by atomic mass is 35.5. The number of hydrogen-bond donors (Lipinski definition) is 0. The Labute approximate surface area is 86.6 Å². The van der Waals surface area contributed by atoms with E-state index in [0.29, 0.717) is 13.2 Å². The summed E-state index contributed by atoms with van der Waals surface area (Å²) in [6, 6.07) is 4.68. The molecule has 0 aromatic heterocycles. The van der Waals surface area contributed by atoms with Gasteiger partial charge in [0.2, 0.25) is 0 Å². The van der Waals surface area contributed by atoms with E-state index in [4.69, 9.17) is 21.1 Å². The maximum absolute atomic E-state index is 13.3. The Bertz CT molecular complexity index is 350. The third-order valence-corrected chi connectivity index (χ3v) is 2.38. The highest BCUT2D eigenvalue weighted by Gasteiger charge is 2.40. The minimum Gasteiger partial charge on any atom is -0.487 e. The zero-order valence-electron chi connectivity index (χ0n) is 7.72. The molecule has 1 aliphatic heterocycles. The van der Waals surface area contributed by atoms with Crippen molar-refractivity contribution in [2.24, 2.45) is 0 Å². The smallest absolute Gasteiger partial charge is 0.183 e. The minimum atomic E-state index is -0.515. The molecule has 1 aromatic carbocycles. The summed E-state index contributed by atoms with van der Waals surface area (Å²) in [5.41, 5.74) is -0.241. The summed E-state index contributed by atoms with van der Waals surface area (Å²) in [6.07, 6.45) is 0. The van der Waals surface area contributed by atoms with E-state index in [0.717, 1.165) is 0 Å². The molecule has 76 valence electrons. The number of halogens is 2. The van der Waals surface area contributed by atoms with Crippen LogP contribution in [-0.2, 0) is 4.74 Å². The number of epoxide rings is 1. The third-order valence-electron chi connectivity index (χ3n) is 2.09. The summed E-state index contributed by atoms with van der Waals surface area (Å²) < 4.78 is 23.7. The SMILES string of the molecule is CC1(COc2cccc(Cl)c2F)CO1. The summed E-state index contributed by atoms with van der Waals surface area (Å²) in [5, 5.41) is 0.0735. The molecule has 0 bridgehead atoms. The lowest BCUT2D eigenvalue weighted by molar-refractivity contribution is 0.197. The van der Waals surface area contributed by atoms with Gasteiger partial charge in [-0.3, -0.25) is 0 Å². The number of ether oxygens (including phenoxy) is 2. The lowest BCUT2D eigenvalue weighted by Crippen LogP contribution is -2.17. The summed E-state index contributed by atoms with van der Waals surface area (Å²) in [5.74, 6) is -0.340. The standard InChI is InChI=1S/C10H10ClFO2/c1-10(6-14-10)5-13-8-4-2-3-7(11)9(8)12/h2-4H,5-6H2,1H3. The molecule has 1 saturated heterocycles. The third kappa shape index (κ3) is 1.99. The van der Waals surface area contributed by atoms with Gasteiger partial charge in [0.1, 0.15) is 12.2 Å². The molecular weight excluding hydrogens is 207 g/mol. The molecule has 0 saturated carbocycles. The van der Waals surface area contributed by atoms with Crippen molar-refractivity contribution >= 4 is 11.6 Å². The van der Waals surface area contributed by atoms with Gasteiger partial charge >= 0.3 is 0 Å². The van der Waals surface area contributed by atoms with Crippen LogP contribution in [0.3, 0.4) is 0 Å². The number of rotatable bonds is 3. The van der Waals surface area contributed by atoms with Gasteiger partial charge in [-0.15, -0.1) is 0 Å². The van der Waals surface area contributed by atoms with E-state index >= 15 is 0 Å². The van der Waals surface area contributed by atoms with Gasteiger partial charge in [0, 0.05) is 0 Å². The average Bonchev–Trinajstić information content (AvgIpc) is 2.88. The van der Waals surface area contributed by atoms with Crippen molar-refractivity contribution in [1.82, 2.24) is 0 Å². The van der Waals surface area contributed by atoms with E-state index in [1.807, 2.05) is 6.92 Å². The first-order valence-electron chi connectivity index (χ1n) is 4.31. The van der Waals surface area contributed by atoms with Crippen molar-refractivity contribution in [3.8, 4) is 5.75 Å². The van der Waals surface area contributed by atoms with Gasteiger partial charge < -0.3 is 9.47 Å². The van der Waals surface area contributed by atoms with Crippen molar-refractivity contribution in [2.45, 2.75) is 12.5 Å². The van der Waals surface area contributed by atoms with Gasteiger partial charge in [-0.1, -0.05) is 17.7 Å². The quantitative estimate of drug-likeness (QED) is 0.725. The average molecular weight is 217 g/mol. The lowest BCUT2D eigenvalue weighted by atomic mass is 10.2. The van der Waals surface area contributed by atoms with Crippen LogP contribution in [0.2, 0.25) is 5.02 Å². The fourth-order valence-electron chi connectivity index (χ4n) is 1.03. The summed E-state index contributed by atoms with van der Waals surface area (Å²) >= 11 is 5.59. The Kier molecular flexibility index (Phi) is 2.37. The lowest BCUT2D eigenvalue weighted by Gasteiger charge is -2.09. The molecule has 0 radical (unpaired) electrons. The van der Waals surface area contributed by atoms with Gasteiger partial charge in [-0.25, -0.2) is 4.39 Å². The van der Waals surface area contributed by atoms with E-state index in [-0.39, 0.29) is 16.4 Å². The van der Waals surface area contributed by atoms with Gasteiger partial charge in [0.25, 0.3) is 0 Å². The van der Waals surface area contributed by atoms with E-state index in [9.17, 15) is 4.39 Å². The summed E-state index contributed by atoms with van der Waals surface area (Å²) in [4.78, 5) is 0. The zero-order chi connectivity index (χ0) is 10.2. The van der Waals surface area contributed by atoms with Crippen molar-refractivity contribution < 1.29 is 13.9 Å². The molecular formula is C10H10ClFO2. The Morgan fingerprint density at radius 3 is 3.00 bits per heavy atom. The van der Waals surface area contributed by atoms with Crippen LogP contribution >= 0.6 is 11.6 Å². The molecule has 14 heavy (non-hydrogen) atoms. The van der Waals surface area contributed by atoms with Gasteiger partial charge in [-0.05, 0) is 19.1 Å². The van der Waals surface area contributed by atoms with Crippen LogP contribution in [0.15, 0.2) is 18.2 Å².